The summed E-state index contributed by atoms with van der Waals surface area (Å²) in [6.07, 6.45) is 19.5. The molecule has 0 aliphatic heterocycles. The molecule has 3 saturated carbocycles. The highest BCUT2D eigenvalue weighted by Gasteiger charge is 2.55. The molecule has 0 aromatic carbocycles. The van der Waals surface area contributed by atoms with Gasteiger partial charge in [-0.1, -0.05) is 80.1 Å². The van der Waals surface area contributed by atoms with Crippen LogP contribution in [0, 0.1) is 46.3 Å². The van der Waals surface area contributed by atoms with Gasteiger partial charge in [-0.3, -0.25) is 0 Å². The Kier molecular flexibility index (Phi) is 7.06. The van der Waals surface area contributed by atoms with E-state index < -0.39 is 0 Å². The summed E-state index contributed by atoms with van der Waals surface area (Å²) >= 11 is 0. The zero-order valence-corrected chi connectivity index (χ0v) is 19.7. The lowest BCUT2D eigenvalue weighted by atomic mass is 9.50. The van der Waals surface area contributed by atoms with E-state index in [1.165, 1.54) is 57.8 Å². The minimum Gasteiger partial charge on any atom is -0.0651 e. The third-order valence-corrected chi connectivity index (χ3v) is 10.0. The van der Waals surface area contributed by atoms with E-state index >= 15 is 0 Å². The average Bonchev–Trinajstić information content (AvgIpc) is 2.97. The molecule has 0 radical (unpaired) electrons. The minimum absolute atomic E-state index is 0.657. The monoisotopic (exact) mass is 374 g/mol. The van der Waals surface area contributed by atoms with E-state index in [0.29, 0.717) is 10.8 Å². The Labute approximate surface area is 171 Å². The molecular formula is C27H50. The topological polar surface area (TPSA) is 0 Å². The van der Waals surface area contributed by atoms with E-state index in [-0.39, 0.29) is 0 Å². The van der Waals surface area contributed by atoms with Gasteiger partial charge in [0.25, 0.3) is 0 Å². The van der Waals surface area contributed by atoms with Crippen LogP contribution < -0.4 is 0 Å². The third-order valence-electron chi connectivity index (χ3n) is 10.0. The van der Waals surface area contributed by atoms with E-state index in [9.17, 15) is 0 Å². The molecule has 3 rings (SSSR count). The summed E-state index contributed by atoms with van der Waals surface area (Å²) in [5, 5.41) is 0. The minimum atomic E-state index is 0.657. The second-order valence-electron chi connectivity index (χ2n) is 12.1. The molecule has 0 bridgehead atoms. The number of rotatable bonds is 7. The molecule has 0 heteroatoms. The number of hydrogen-bond acceptors (Lipinski definition) is 0. The van der Waals surface area contributed by atoms with Crippen LogP contribution in [-0.2, 0) is 0 Å². The van der Waals surface area contributed by atoms with E-state index in [4.69, 9.17) is 0 Å². The standard InChI is InChI=1S/C27H50/c1-7-23-24(26(5)17-14-21(4)15-18-26)16-19-27(6)22(12-13-25(23)27)11-9-8-10-20(2)3/h20-25H,7-19H2,1-6H3. The molecule has 0 spiro atoms. The van der Waals surface area contributed by atoms with Crippen molar-refractivity contribution in [1.29, 1.82) is 0 Å². The van der Waals surface area contributed by atoms with Crippen molar-refractivity contribution in [2.75, 3.05) is 0 Å². The highest BCUT2D eigenvalue weighted by Crippen LogP contribution is 2.64. The molecule has 0 aromatic rings. The molecule has 0 heterocycles. The van der Waals surface area contributed by atoms with Gasteiger partial charge in [0, 0.05) is 0 Å². The van der Waals surface area contributed by atoms with Crippen LogP contribution in [0.15, 0.2) is 0 Å². The SMILES string of the molecule is CCC1C(C2(C)CCC(C)CC2)CCC2(C)C(CCCCC(C)C)CCC12. The number of unbranched alkanes of at least 4 members (excludes halogenated alkanes) is 1. The van der Waals surface area contributed by atoms with Gasteiger partial charge < -0.3 is 0 Å². The summed E-state index contributed by atoms with van der Waals surface area (Å²) in [7, 11) is 0. The van der Waals surface area contributed by atoms with Crippen molar-refractivity contribution < 1.29 is 0 Å². The Morgan fingerprint density at radius 1 is 0.852 bits per heavy atom. The first-order chi connectivity index (χ1) is 12.8. The Hall–Kier alpha value is 0. The summed E-state index contributed by atoms with van der Waals surface area (Å²) in [4.78, 5) is 0. The fourth-order valence-electron chi connectivity index (χ4n) is 8.04. The smallest absolute Gasteiger partial charge is 0.0266 e. The molecule has 158 valence electrons. The van der Waals surface area contributed by atoms with Crippen LogP contribution in [0.2, 0.25) is 0 Å². The van der Waals surface area contributed by atoms with Crippen molar-refractivity contribution in [3.8, 4) is 0 Å². The first-order valence-corrected chi connectivity index (χ1v) is 12.8. The van der Waals surface area contributed by atoms with E-state index in [0.717, 1.165) is 35.5 Å². The van der Waals surface area contributed by atoms with Gasteiger partial charge in [0.05, 0.1) is 0 Å². The van der Waals surface area contributed by atoms with Gasteiger partial charge in [-0.15, -0.1) is 0 Å². The van der Waals surface area contributed by atoms with Crippen LogP contribution in [0.25, 0.3) is 0 Å². The van der Waals surface area contributed by atoms with Gasteiger partial charge in [0.2, 0.25) is 0 Å². The second-order valence-corrected chi connectivity index (χ2v) is 12.1. The Bertz CT molecular complexity index is 455. The quantitative estimate of drug-likeness (QED) is 0.390. The predicted octanol–water partition coefficient (Wildman–Crippen LogP) is 8.89. The third kappa shape index (κ3) is 4.45. The van der Waals surface area contributed by atoms with Crippen LogP contribution in [-0.4, -0.2) is 0 Å². The molecule has 0 saturated heterocycles. The Morgan fingerprint density at radius 3 is 2.19 bits per heavy atom. The van der Waals surface area contributed by atoms with Crippen LogP contribution in [0.3, 0.4) is 0 Å². The molecule has 0 amide bonds. The van der Waals surface area contributed by atoms with Gasteiger partial charge >= 0.3 is 0 Å². The Balaban J connectivity index is 1.65. The molecule has 5 unspecified atom stereocenters. The van der Waals surface area contributed by atoms with E-state index in [2.05, 4.69) is 41.5 Å². The maximum Gasteiger partial charge on any atom is -0.0266 e. The summed E-state index contributed by atoms with van der Waals surface area (Å²) in [6.45, 7) is 15.2. The normalized spacial score (nSPS) is 45.2. The van der Waals surface area contributed by atoms with E-state index in [1.54, 1.807) is 25.7 Å². The molecular weight excluding hydrogens is 324 g/mol. The highest BCUT2D eigenvalue weighted by atomic mass is 14.6. The molecule has 3 aliphatic carbocycles. The van der Waals surface area contributed by atoms with Crippen molar-refractivity contribution in [2.24, 2.45) is 46.3 Å². The van der Waals surface area contributed by atoms with Crippen LogP contribution in [0.1, 0.15) is 125 Å². The fraction of sp³-hybridized carbons (Fsp3) is 1.00. The van der Waals surface area contributed by atoms with Gasteiger partial charge in [-0.25, -0.2) is 0 Å². The molecule has 0 N–H and O–H groups in total. The summed E-state index contributed by atoms with van der Waals surface area (Å²) in [5.41, 5.74) is 1.33. The lowest BCUT2D eigenvalue weighted by molar-refractivity contribution is -0.0582. The molecule has 3 fully saturated rings. The van der Waals surface area contributed by atoms with Gasteiger partial charge in [-0.05, 0) is 91.3 Å². The molecule has 5 atom stereocenters. The lowest BCUT2D eigenvalue weighted by Gasteiger charge is -2.55. The summed E-state index contributed by atoms with van der Waals surface area (Å²) in [6, 6.07) is 0. The average molecular weight is 375 g/mol. The van der Waals surface area contributed by atoms with Gasteiger partial charge in [0.15, 0.2) is 0 Å². The predicted molar refractivity (Wildman–Crippen MR) is 120 cm³/mol. The van der Waals surface area contributed by atoms with Crippen molar-refractivity contribution in [1.82, 2.24) is 0 Å². The summed E-state index contributed by atoms with van der Waals surface area (Å²) < 4.78 is 0. The van der Waals surface area contributed by atoms with Crippen molar-refractivity contribution in [3.63, 3.8) is 0 Å². The molecule has 0 aromatic heterocycles. The van der Waals surface area contributed by atoms with Crippen molar-refractivity contribution in [2.45, 2.75) is 125 Å². The summed E-state index contributed by atoms with van der Waals surface area (Å²) in [5.74, 6) is 5.97. The van der Waals surface area contributed by atoms with Crippen LogP contribution in [0.4, 0.5) is 0 Å². The fourth-order valence-corrected chi connectivity index (χ4v) is 8.04. The molecule has 27 heavy (non-hydrogen) atoms. The molecule has 3 aliphatic rings. The zero-order chi connectivity index (χ0) is 19.7. The maximum absolute atomic E-state index is 2.72. The van der Waals surface area contributed by atoms with Crippen molar-refractivity contribution >= 4 is 0 Å². The number of fused-ring (bicyclic) bond motifs is 1. The second kappa shape index (κ2) is 8.79. The van der Waals surface area contributed by atoms with Crippen molar-refractivity contribution in [3.05, 3.63) is 0 Å². The lowest BCUT2D eigenvalue weighted by Crippen LogP contribution is -2.47. The van der Waals surface area contributed by atoms with Crippen LogP contribution >= 0.6 is 0 Å². The van der Waals surface area contributed by atoms with Gasteiger partial charge in [0.1, 0.15) is 0 Å². The van der Waals surface area contributed by atoms with Crippen LogP contribution in [0.5, 0.6) is 0 Å². The first-order valence-electron chi connectivity index (χ1n) is 12.8. The Morgan fingerprint density at radius 2 is 1.56 bits per heavy atom. The first kappa shape index (κ1) is 21.7. The largest absolute Gasteiger partial charge is 0.0651 e. The molecule has 0 nitrogen and oxygen atoms in total. The maximum atomic E-state index is 2.72. The number of hydrogen-bond donors (Lipinski definition) is 0. The zero-order valence-electron chi connectivity index (χ0n) is 19.7. The van der Waals surface area contributed by atoms with Gasteiger partial charge in [-0.2, -0.15) is 0 Å². The van der Waals surface area contributed by atoms with E-state index in [1.807, 2.05) is 0 Å². The highest BCUT2D eigenvalue weighted by molar-refractivity contribution is 5.05.